The molecule has 0 spiro atoms. The summed E-state index contributed by atoms with van der Waals surface area (Å²) in [5.41, 5.74) is 2.28. The first-order valence-electron chi connectivity index (χ1n) is 8.94. The van der Waals surface area contributed by atoms with E-state index in [1.165, 1.54) is 5.56 Å². The minimum atomic E-state index is 0.0548. The summed E-state index contributed by atoms with van der Waals surface area (Å²) in [4.78, 5) is 15.9. The average molecular weight is 346 g/mol. The number of aryl methyl sites for hydroxylation is 1. The van der Waals surface area contributed by atoms with Gasteiger partial charge in [-0.15, -0.1) is 0 Å². The van der Waals surface area contributed by atoms with Crippen LogP contribution in [0.2, 0.25) is 0 Å². The first-order valence-corrected chi connectivity index (χ1v) is 8.94. The molecule has 2 rings (SSSR count). The van der Waals surface area contributed by atoms with E-state index < -0.39 is 0 Å². The third kappa shape index (κ3) is 6.29. The largest absolute Gasteiger partial charge is 0.496 e. The molecular weight excluding hydrogens is 316 g/mol. The molecule has 6 heteroatoms. The van der Waals surface area contributed by atoms with Crippen LogP contribution in [0.4, 0.5) is 0 Å². The Kier molecular flexibility index (Phi) is 7.10. The Bertz CT molecular complexity index is 611. The Morgan fingerprint density at radius 1 is 1.40 bits per heavy atom. The molecule has 138 valence electrons. The number of hydrogen-bond acceptors (Lipinski definition) is 3. The van der Waals surface area contributed by atoms with Crippen molar-refractivity contribution < 1.29 is 9.53 Å². The Balaban J connectivity index is 1.78. The van der Waals surface area contributed by atoms with Crippen LogP contribution in [0.1, 0.15) is 49.8 Å². The van der Waals surface area contributed by atoms with Gasteiger partial charge in [0.05, 0.1) is 13.2 Å². The van der Waals surface area contributed by atoms with Gasteiger partial charge in [0.2, 0.25) is 5.91 Å². The van der Waals surface area contributed by atoms with Crippen molar-refractivity contribution in [2.45, 2.75) is 51.6 Å². The van der Waals surface area contributed by atoms with Crippen molar-refractivity contribution in [3.8, 4) is 5.75 Å². The molecule has 1 aliphatic rings. The molecule has 1 amide bonds. The topological polar surface area (TPSA) is 74.8 Å². The van der Waals surface area contributed by atoms with Crippen LogP contribution in [0.15, 0.2) is 23.2 Å². The molecule has 25 heavy (non-hydrogen) atoms. The summed E-state index contributed by atoms with van der Waals surface area (Å²) in [6.45, 7) is 4.85. The fourth-order valence-electron chi connectivity index (χ4n) is 2.65. The van der Waals surface area contributed by atoms with Crippen LogP contribution in [0.3, 0.4) is 0 Å². The summed E-state index contributed by atoms with van der Waals surface area (Å²) in [5, 5.41) is 9.64. The van der Waals surface area contributed by atoms with E-state index in [0.29, 0.717) is 19.0 Å². The van der Waals surface area contributed by atoms with E-state index in [2.05, 4.69) is 40.9 Å². The van der Waals surface area contributed by atoms with E-state index in [0.717, 1.165) is 36.5 Å². The highest BCUT2D eigenvalue weighted by Gasteiger charge is 2.22. The Hall–Kier alpha value is -2.24. The number of carbonyl (C=O) groups excluding carboxylic acids is 1. The quantitative estimate of drug-likeness (QED) is 0.384. The number of hydrogen-bond donors (Lipinski definition) is 3. The molecule has 0 heterocycles. The second kappa shape index (κ2) is 9.30. The number of benzene rings is 1. The van der Waals surface area contributed by atoms with Crippen LogP contribution in [-0.4, -0.2) is 38.6 Å². The fraction of sp³-hybridized carbons (Fsp3) is 0.579. The molecule has 1 aromatic carbocycles. The van der Waals surface area contributed by atoms with Gasteiger partial charge in [-0.25, -0.2) is 0 Å². The molecule has 0 bridgehead atoms. The van der Waals surface area contributed by atoms with Crippen LogP contribution in [-0.2, 0) is 4.79 Å². The zero-order chi connectivity index (χ0) is 18.2. The molecule has 1 fully saturated rings. The smallest absolute Gasteiger partial charge is 0.220 e. The third-order valence-corrected chi connectivity index (χ3v) is 4.24. The van der Waals surface area contributed by atoms with E-state index >= 15 is 0 Å². The van der Waals surface area contributed by atoms with Gasteiger partial charge in [-0.1, -0.05) is 17.7 Å². The molecule has 6 nitrogen and oxygen atoms in total. The van der Waals surface area contributed by atoms with E-state index in [1.807, 2.05) is 12.1 Å². The highest BCUT2D eigenvalue weighted by Crippen LogP contribution is 2.25. The molecule has 1 unspecified atom stereocenters. The lowest BCUT2D eigenvalue weighted by Crippen LogP contribution is -2.39. The van der Waals surface area contributed by atoms with E-state index in [1.54, 1.807) is 14.2 Å². The Labute approximate surface area is 150 Å². The van der Waals surface area contributed by atoms with Gasteiger partial charge >= 0.3 is 0 Å². The predicted octanol–water partition coefficient (Wildman–Crippen LogP) is 2.29. The summed E-state index contributed by atoms with van der Waals surface area (Å²) in [7, 11) is 3.43. The molecule has 1 saturated carbocycles. The first kappa shape index (κ1) is 19.1. The summed E-state index contributed by atoms with van der Waals surface area (Å²) in [6, 6.07) is 6.62. The number of aliphatic imine (C=N–C) groups is 1. The van der Waals surface area contributed by atoms with Crippen molar-refractivity contribution in [3.63, 3.8) is 0 Å². The summed E-state index contributed by atoms with van der Waals surface area (Å²) in [6.07, 6.45) is 3.57. The molecule has 1 aromatic rings. The minimum Gasteiger partial charge on any atom is -0.496 e. The van der Waals surface area contributed by atoms with Crippen molar-refractivity contribution in [1.29, 1.82) is 0 Å². The van der Waals surface area contributed by atoms with E-state index in [9.17, 15) is 4.79 Å². The van der Waals surface area contributed by atoms with Gasteiger partial charge < -0.3 is 20.7 Å². The van der Waals surface area contributed by atoms with Crippen molar-refractivity contribution >= 4 is 11.9 Å². The molecule has 0 radical (unpaired) electrons. The highest BCUT2D eigenvalue weighted by atomic mass is 16.5. The number of carbonyl (C=O) groups is 1. The summed E-state index contributed by atoms with van der Waals surface area (Å²) >= 11 is 0. The minimum absolute atomic E-state index is 0.0548. The predicted molar refractivity (Wildman–Crippen MR) is 101 cm³/mol. The summed E-state index contributed by atoms with van der Waals surface area (Å²) < 4.78 is 5.45. The van der Waals surface area contributed by atoms with E-state index in [-0.39, 0.29) is 11.9 Å². The highest BCUT2D eigenvalue weighted by molar-refractivity contribution is 5.80. The lowest BCUT2D eigenvalue weighted by atomic mass is 10.0. The third-order valence-electron chi connectivity index (χ3n) is 4.24. The van der Waals surface area contributed by atoms with Crippen LogP contribution in [0, 0.1) is 6.92 Å². The molecule has 1 aliphatic carbocycles. The molecular formula is C19H30N4O2. The van der Waals surface area contributed by atoms with Gasteiger partial charge in [-0.3, -0.25) is 9.79 Å². The van der Waals surface area contributed by atoms with Gasteiger partial charge in [-0.2, -0.15) is 0 Å². The normalized spacial score (nSPS) is 15.4. The second-order valence-corrected chi connectivity index (χ2v) is 6.56. The van der Waals surface area contributed by atoms with Gasteiger partial charge in [0.1, 0.15) is 5.75 Å². The van der Waals surface area contributed by atoms with Crippen LogP contribution >= 0.6 is 0 Å². The number of guanidine groups is 1. The van der Waals surface area contributed by atoms with Gasteiger partial charge in [-0.05, 0) is 39.2 Å². The molecule has 3 N–H and O–H groups in total. The second-order valence-electron chi connectivity index (χ2n) is 6.56. The van der Waals surface area contributed by atoms with Gasteiger partial charge in [0.15, 0.2) is 5.96 Å². The van der Waals surface area contributed by atoms with Crippen LogP contribution < -0.4 is 20.7 Å². The number of nitrogens with zero attached hydrogens (tertiary/aromatic N) is 1. The van der Waals surface area contributed by atoms with Crippen molar-refractivity contribution in [2.75, 3.05) is 20.7 Å². The first-order chi connectivity index (χ1) is 12.0. The maximum Gasteiger partial charge on any atom is 0.220 e. The Morgan fingerprint density at radius 2 is 2.16 bits per heavy atom. The van der Waals surface area contributed by atoms with Crippen LogP contribution in [0.25, 0.3) is 0 Å². The fourth-order valence-corrected chi connectivity index (χ4v) is 2.65. The lowest BCUT2D eigenvalue weighted by molar-refractivity contribution is -0.121. The maximum atomic E-state index is 11.7. The van der Waals surface area contributed by atoms with Gasteiger partial charge in [0.25, 0.3) is 0 Å². The lowest BCUT2D eigenvalue weighted by Gasteiger charge is -2.20. The number of methoxy groups -OCH3 is 1. The molecule has 0 aromatic heterocycles. The van der Waals surface area contributed by atoms with Crippen molar-refractivity contribution in [2.24, 2.45) is 4.99 Å². The number of amides is 1. The van der Waals surface area contributed by atoms with Crippen LogP contribution in [0.5, 0.6) is 5.75 Å². The standard InChI is InChI=1S/C19H30N4O2/c1-13-7-10-17(25-4)16(12-13)14(2)22-19(20-3)21-11-5-6-18(24)23-15-8-9-15/h7,10,12,14-15H,5-6,8-9,11H2,1-4H3,(H,23,24)(H2,20,21,22). The molecule has 0 aliphatic heterocycles. The number of nitrogens with one attached hydrogen (secondary N) is 3. The maximum absolute atomic E-state index is 11.7. The zero-order valence-corrected chi connectivity index (χ0v) is 15.7. The number of rotatable bonds is 8. The monoisotopic (exact) mass is 346 g/mol. The van der Waals surface area contributed by atoms with Crippen molar-refractivity contribution in [3.05, 3.63) is 29.3 Å². The van der Waals surface area contributed by atoms with E-state index in [4.69, 9.17) is 4.74 Å². The zero-order valence-electron chi connectivity index (χ0n) is 15.7. The van der Waals surface area contributed by atoms with Crippen molar-refractivity contribution in [1.82, 2.24) is 16.0 Å². The summed E-state index contributed by atoms with van der Waals surface area (Å²) in [5.74, 6) is 1.72. The molecule has 0 saturated heterocycles. The molecule has 1 atom stereocenters. The van der Waals surface area contributed by atoms with Gasteiger partial charge in [0, 0.05) is 31.6 Å². The Morgan fingerprint density at radius 3 is 2.80 bits per heavy atom. The number of ether oxygens (including phenoxy) is 1. The SMILES string of the molecule is CN=C(NCCCC(=O)NC1CC1)NC(C)c1cc(C)ccc1OC. The average Bonchev–Trinajstić information content (AvgIpc) is 3.41.